The summed E-state index contributed by atoms with van der Waals surface area (Å²) in [4.78, 5) is 0.615. The minimum atomic E-state index is -4.41. The van der Waals surface area contributed by atoms with Crippen LogP contribution in [0.5, 0.6) is 0 Å². The predicted molar refractivity (Wildman–Crippen MR) is 68.0 cm³/mol. The Morgan fingerprint density at radius 2 is 2.00 bits per heavy atom. The van der Waals surface area contributed by atoms with Crippen LogP contribution in [0.25, 0.3) is 0 Å². The fourth-order valence-corrected chi connectivity index (χ4v) is 2.30. The van der Waals surface area contributed by atoms with Crippen molar-refractivity contribution in [2.75, 3.05) is 5.75 Å². The van der Waals surface area contributed by atoms with Crippen LogP contribution in [0.15, 0.2) is 23.1 Å². The highest BCUT2D eigenvalue weighted by molar-refractivity contribution is 7.99. The van der Waals surface area contributed by atoms with Crippen molar-refractivity contribution in [3.63, 3.8) is 0 Å². The fourth-order valence-electron chi connectivity index (χ4n) is 1.30. The molecule has 0 fully saturated rings. The van der Waals surface area contributed by atoms with Gasteiger partial charge in [0.15, 0.2) is 0 Å². The first kappa shape index (κ1) is 14.9. The Labute approximate surface area is 108 Å². The van der Waals surface area contributed by atoms with Gasteiger partial charge in [-0.05, 0) is 24.1 Å². The van der Waals surface area contributed by atoms with Crippen LogP contribution in [0.2, 0.25) is 0 Å². The Morgan fingerprint density at radius 1 is 1.39 bits per heavy atom. The van der Waals surface area contributed by atoms with E-state index in [1.165, 1.54) is 17.8 Å². The molecule has 0 unspecified atom stereocenters. The van der Waals surface area contributed by atoms with E-state index in [0.29, 0.717) is 10.8 Å². The number of halogens is 3. The van der Waals surface area contributed by atoms with E-state index >= 15 is 0 Å². The van der Waals surface area contributed by atoms with Gasteiger partial charge < -0.3 is 5.73 Å². The van der Waals surface area contributed by atoms with Crippen LogP contribution in [-0.2, 0) is 6.18 Å². The molecule has 0 aliphatic heterocycles. The minimum absolute atomic E-state index is 0.149. The fraction of sp³-hybridized carbons (Fsp3) is 0.417. The number of hydrogen-bond donors (Lipinski definition) is 2. The van der Waals surface area contributed by atoms with Crippen LogP contribution >= 0.6 is 11.8 Å². The summed E-state index contributed by atoms with van der Waals surface area (Å²) in [5.74, 6) is 0.843. The van der Waals surface area contributed by atoms with Gasteiger partial charge in [0.2, 0.25) is 0 Å². The number of alkyl halides is 3. The van der Waals surface area contributed by atoms with Gasteiger partial charge in [0.25, 0.3) is 0 Å². The van der Waals surface area contributed by atoms with Crippen LogP contribution < -0.4 is 5.73 Å². The average Bonchev–Trinajstić information content (AvgIpc) is 2.24. The molecule has 100 valence electrons. The third kappa shape index (κ3) is 3.94. The molecule has 0 atom stereocenters. The van der Waals surface area contributed by atoms with Gasteiger partial charge in [0, 0.05) is 16.2 Å². The number of hydrogen-bond acceptors (Lipinski definition) is 2. The zero-order valence-electron chi connectivity index (χ0n) is 10.1. The number of nitrogen functional groups attached to an aromatic ring is 1. The summed E-state index contributed by atoms with van der Waals surface area (Å²) in [5, 5.41) is 7.36. The lowest BCUT2D eigenvalue weighted by molar-refractivity contribution is -0.137. The lowest BCUT2D eigenvalue weighted by Gasteiger charge is -2.13. The Kier molecular flexibility index (Phi) is 4.67. The first-order valence-corrected chi connectivity index (χ1v) is 6.39. The molecule has 3 N–H and O–H groups in total. The van der Waals surface area contributed by atoms with Crippen LogP contribution in [-0.4, -0.2) is 11.6 Å². The summed E-state index contributed by atoms with van der Waals surface area (Å²) < 4.78 is 37.7. The molecule has 6 heteroatoms. The Bertz CT molecular complexity index is 441. The maximum Gasteiger partial charge on any atom is 0.416 e. The minimum Gasteiger partial charge on any atom is -0.384 e. The molecule has 0 aliphatic rings. The maximum atomic E-state index is 12.6. The van der Waals surface area contributed by atoms with E-state index in [0.717, 1.165) is 17.9 Å². The van der Waals surface area contributed by atoms with E-state index in [9.17, 15) is 13.2 Å². The number of rotatable bonds is 4. The predicted octanol–water partition coefficient (Wildman–Crippen LogP) is 3.74. The summed E-state index contributed by atoms with van der Waals surface area (Å²) in [7, 11) is 0. The molecule has 0 saturated carbocycles. The SMILES string of the molecule is CC(C)CSc1ccc(C(F)(F)F)cc1C(=N)N. The van der Waals surface area contributed by atoms with Crippen molar-refractivity contribution in [1.82, 2.24) is 0 Å². The van der Waals surface area contributed by atoms with Crippen molar-refractivity contribution in [3.8, 4) is 0 Å². The second kappa shape index (κ2) is 5.65. The summed E-state index contributed by atoms with van der Waals surface area (Å²) >= 11 is 1.41. The molecule has 18 heavy (non-hydrogen) atoms. The van der Waals surface area contributed by atoms with Gasteiger partial charge in [-0.2, -0.15) is 13.2 Å². The van der Waals surface area contributed by atoms with Gasteiger partial charge in [0.1, 0.15) is 5.84 Å². The number of thioether (sulfide) groups is 1. The molecule has 0 aliphatic carbocycles. The van der Waals surface area contributed by atoms with Crippen molar-refractivity contribution in [1.29, 1.82) is 5.41 Å². The van der Waals surface area contributed by atoms with Crippen LogP contribution in [0.3, 0.4) is 0 Å². The maximum absolute atomic E-state index is 12.6. The number of benzene rings is 1. The molecule has 1 rings (SSSR count). The van der Waals surface area contributed by atoms with Gasteiger partial charge >= 0.3 is 6.18 Å². The molecule has 0 spiro atoms. The number of amidine groups is 1. The molecule has 0 bridgehead atoms. The third-order valence-corrected chi connectivity index (χ3v) is 3.67. The van der Waals surface area contributed by atoms with E-state index in [4.69, 9.17) is 11.1 Å². The Morgan fingerprint density at radius 3 is 2.44 bits per heavy atom. The van der Waals surface area contributed by atoms with Crippen molar-refractivity contribution in [2.24, 2.45) is 11.7 Å². The molecule has 0 amide bonds. The zero-order chi connectivity index (χ0) is 13.9. The second-order valence-electron chi connectivity index (χ2n) is 4.33. The van der Waals surface area contributed by atoms with Gasteiger partial charge in [0.05, 0.1) is 5.56 Å². The molecule has 2 nitrogen and oxygen atoms in total. The molecular formula is C12H15F3N2S. The number of nitrogens with two attached hydrogens (primary N) is 1. The molecular weight excluding hydrogens is 261 g/mol. The Balaban J connectivity index is 3.09. The third-order valence-electron chi connectivity index (χ3n) is 2.17. The monoisotopic (exact) mass is 276 g/mol. The quantitative estimate of drug-likeness (QED) is 0.500. The lowest BCUT2D eigenvalue weighted by atomic mass is 10.1. The summed E-state index contributed by atoms with van der Waals surface area (Å²) in [5.41, 5.74) is 4.71. The molecule has 0 radical (unpaired) electrons. The van der Waals surface area contributed by atoms with Crippen molar-refractivity contribution in [3.05, 3.63) is 29.3 Å². The molecule has 0 saturated heterocycles. The van der Waals surface area contributed by atoms with Crippen molar-refractivity contribution in [2.45, 2.75) is 24.9 Å². The Hall–Kier alpha value is -1.17. The van der Waals surface area contributed by atoms with Crippen LogP contribution in [0.1, 0.15) is 25.0 Å². The smallest absolute Gasteiger partial charge is 0.384 e. The first-order valence-electron chi connectivity index (χ1n) is 5.40. The van der Waals surface area contributed by atoms with Crippen molar-refractivity contribution < 1.29 is 13.2 Å². The van der Waals surface area contributed by atoms with Crippen LogP contribution in [0.4, 0.5) is 13.2 Å². The lowest BCUT2D eigenvalue weighted by Crippen LogP contribution is -2.15. The average molecular weight is 276 g/mol. The first-order chi connectivity index (χ1) is 8.21. The number of nitrogens with one attached hydrogen (secondary N) is 1. The van der Waals surface area contributed by atoms with E-state index in [1.807, 2.05) is 13.8 Å². The van der Waals surface area contributed by atoms with E-state index < -0.39 is 11.7 Å². The highest BCUT2D eigenvalue weighted by atomic mass is 32.2. The van der Waals surface area contributed by atoms with Crippen LogP contribution in [0, 0.1) is 11.3 Å². The topological polar surface area (TPSA) is 49.9 Å². The van der Waals surface area contributed by atoms with Gasteiger partial charge in [-0.25, -0.2) is 0 Å². The summed E-state index contributed by atoms with van der Waals surface area (Å²) in [6, 6.07) is 3.34. The van der Waals surface area contributed by atoms with Gasteiger partial charge in [-0.3, -0.25) is 5.41 Å². The van der Waals surface area contributed by atoms with E-state index in [-0.39, 0.29) is 11.4 Å². The normalized spacial score (nSPS) is 11.9. The zero-order valence-corrected chi connectivity index (χ0v) is 11.0. The molecule has 1 aromatic rings. The van der Waals surface area contributed by atoms with E-state index in [1.54, 1.807) is 0 Å². The highest BCUT2D eigenvalue weighted by Crippen LogP contribution is 2.33. The largest absolute Gasteiger partial charge is 0.416 e. The standard InChI is InChI=1S/C12H15F3N2S/c1-7(2)6-18-10-4-3-8(12(13,14)15)5-9(10)11(16)17/h3-5,7H,6H2,1-2H3,(H3,16,17). The molecule has 1 aromatic carbocycles. The molecule has 0 heterocycles. The van der Waals surface area contributed by atoms with E-state index in [2.05, 4.69) is 0 Å². The molecule has 0 aromatic heterocycles. The van der Waals surface area contributed by atoms with Crippen molar-refractivity contribution >= 4 is 17.6 Å². The summed E-state index contributed by atoms with van der Waals surface area (Å²) in [6.45, 7) is 4.04. The second-order valence-corrected chi connectivity index (χ2v) is 5.39. The highest BCUT2D eigenvalue weighted by Gasteiger charge is 2.31. The summed E-state index contributed by atoms with van der Waals surface area (Å²) in [6.07, 6.45) is -4.41. The van der Waals surface area contributed by atoms with Gasteiger partial charge in [-0.15, -0.1) is 11.8 Å². The van der Waals surface area contributed by atoms with Gasteiger partial charge in [-0.1, -0.05) is 13.8 Å².